The third-order valence-electron chi connectivity index (χ3n) is 2.87. The second-order valence-electron chi connectivity index (χ2n) is 4.27. The fraction of sp³-hybridized carbons (Fsp3) is 0.286. The number of nitrogens with two attached hydrogens (primary N) is 1. The molecule has 0 bridgehead atoms. The third-order valence-corrected chi connectivity index (χ3v) is 2.87. The Labute approximate surface area is 106 Å². The summed E-state index contributed by atoms with van der Waals surface area (Å²) in [6.45, 7) is 1.94. The first-order valence-electron chi connectivity index (χ1n) is 5.82. The number of rotatable bonds is 4. The second kappa shape index (κ2) is 5.04. The molecule has 0 atom stereocenters. The Morgan fingerprint density at radius 3 is 2.83 bits per heavy atom. The molecule has 1 aromatic heterocycles. The van der Waals surface area contributed by atoms with Crippen LogP contribution in [-0.4, -0.2) is 18.0 Å². The van der Waals surface area contributed by atoms with Crippen molar-refractivity contribution in [1.29, 1.82) is 0 Å². The largest absolute Gasteiger partial charge is 0.497 e. The lowest BCUT2D eigenvalue weighted by Gasteiger charge is -2.08. The first-order chi connectivity index (χ1) is 8.60. The Morgan fingerprint density at radius 2 is 2.17 bits per heavy atom. The molecule has 0 aliphatic carbocycles. The summed E-state index contributed by atoms with van der Waals surface area (Å²) < 4.78 is 5.21. The molecular weight excluding hydrogens is 228 g/mol. The average Bonchev–Trinajstić information content (AvgIpc) is 2.35. The maximum Gasteiger partial charge on any atom is 0.217 e. The molecule has 0 saturated carbocycles. The zero-order valence-electron chi connectivity index (χ0n) is 10.6. The first-order valence-corrected chi connectivity index (χ1v) is 5.82. The highest BCUT2D eigenvalue weighted by Gasteiger charge is 2.07. The Bertz CT molecular complexity index is 594. The van der Waals surface area contributed by atoms with Crippen LogP contribution in [-0.2, 0) is 11.2 Å². The topological polar surface area (TPSA) is 65.2 Å². The van der Waals surface area contributed by atoms with E-state index in [1.165, 1.54) is 0 Å². The van der Waals surface area contributed by atoms with Crippen LogP contribution in [0.25, 0.3) is 10.9 Å². The van der Waals surface area contributed by atoms with Gasteiger partial charge in [0, 0.05) is 17.5 Å². The highest BCUT2D eigenvalue weighted by Crippen LogP contribution is 2.24. The van der Waals surface area contributed by atoms with Gasteiger partial charge in [-0.3, -0.25) is 9.78 Å². The molecule has 0 saturated heterocycles. The Kier molecular flexibility index (Phi) is 3.46. The van der Waals surface area contributed by atoms with E-state index in [9.17, 15) is 4.79 Å². The van der Waals surface area contributed by atoms with Gasteiger partial charge in [0.05, 0.1) is 12.6 Å². The monoisotopic (exact) mass is 244 g/mol. The van der Waals surface area contributed by atoms with E-state index < -0.39 is 0 Å². The van der Waals surface area contributed by atoms with Gasteiger partial charge in [0.25, 0.3) is 0 Å². The average molecular weight is 244 g/mol. The number of hydrogen-bond acceptors (Lipinski definition) is 3. The molecule has 1 amide bonds. The number of amides is 1. The highest BCUT2D eigenvalue weighted by molar-refractivity contribution is 5.84. The molecule has 0 fully saturated rings. The van der Waals surface area contributed by atoms with Crippen molar-refractivity contribution in [3.05, 3.63) is 35.5 Å². The van der Waals surface area contributed by atoms with Crippen molar-refractivity contribution in [2.75, 3.05) is 7.11 Å². The molecule has 0 radical (unpaired) electrons. The van der Waals surface area contributed by atoms with Gasteiger partial charge in [0.2, 0.25) is 5.91 Å². The second-order valence-corrected chi connectivity index (χ2v) is 4.27. The van der Waals surface area contributed by atoms with Gasteiger partial charge in [-0.2, -0.15) is 0 Å². The number of ether oxygens (including phenoxy) is 1. The number of benzene rings is 1. The van der Waals surface area contributed by atoms with E-state index in [1.54, 1.807) is 7.11 Å². The van der Waals surface area contributed by atoms with Crippen LogP contribution in [0.2, 0.25) is 0 Å². The summed E-state index contributed by atoms with van der Waals surface area (Å²) in [6.07, 6.45) is 0.970. The van der Waals surface area contributed by atoms with Crippen LogP contribution in [0.4, 0.5) is 0 Å². The molecule has 2 N–H and O–H groups in total. The number of aryl methyl sites for hydroxylation is 2. The Morgan fingerprint density at radius 1 is 1.39 bits per heavy atom. The molecule has 0 aliphatic heterocycles. The van der Waals surface area contributed by atoms with Gasteiger partial charge in [-0.15, -0.1) is 0 Å². The number of pyridine rings is 1. The van der Waals surface area contributed by atoms with Gasteiger partial charge >= 0.3 is 0 Å². The van der Waals surface area contributed by atoms with Crippen molar-refractivity contribution >= 4 is 16.8 Å². The van der Waals surface area contributed by atoms with Gasteiger partial charge in [-0.1, -0.05) is 0 Å². The SMILES string of the molecule is COc1ccc2nc(C)cc(CCC(N)=O)c2c1. The van der Waals surface area contributed by atoms with Gasteiger partial charge in [-0.25, -0.2) is 0 Å². The minimum absolute atomic E-state index is 0.291. The lowest BCUT2D eigenvalue weighted by Crippen LogP contribution is -2.11. The van der Waals surface area contributed by atoms with Gasteiger partial charge < -0.3 is 10.5 Å². The van der Waals surface area contributed by atoms with Crippen molar-refractivity contribution in [3.8, 4) is 5.75 Å². The molecule has 0 aliphatic rings. The Balaban J connectivity index is 2.50. The van der Waals surface area contributed by atoms with Crippen molar-refractivity contribution in [2.24, 2.45) is 5.73 Å². The smallest absolute Gasteiger partial charge is 0.217 e. The summed E-state index contributed by atoms with van der Waals surface area (Å²) in [6, 6.07) is 7.74. The molecule has 2 rings (SSSR count). The fourth-order valence-corrected chi connectivity index (χ4v) is 2.01. The molecule has 1 heterocycles. The third kappa shape index (κ3) is 2.59. The number of methoxy groups -OCH3 is 1. The fourth-order valence-electron chi connectivity index (χ4n) is 2.01. The zero-order valence-corrected chi connectivity index (χ0v) is 10.6. The van der Waals surface area contributed by atoms with E-state index in [1.807, 2.05) is 31.2 Å². The van der Waals surface area contributed by atoms with E-state index in [4.69, 9.17) is 10.5 Å². The Hall–Kier alpha value is -2.10. The molecule has 2 aromatic rings. The predicted octanol–water partition coefficient (Wildman–Crippen LogP) is 1.97. The summed E-state index contributed by atoms with van der Waals surface area (Å²) in [7, 11) is 1.63. The van der Waals surface area contributed by atoms with Crippen LogP contribution in [0.15, 0.2) is 24.3 Å². The van der Waals surface area contributed by atoms with Crippen LogP contribution < -0.4 is 10.5 Å². The summed E-state index contributed by atoms with van der Waals surface area (Å²) in [5.41, 5.74) is 8.13. The highest BCUT2D eigenvalue weighted by atomic mass is 16.5. The molecular formula is C14H16N2O2. The minimum atomic E-state index is -0.291. The maximum absolute atomic E-state index is 10.9. The van der Waals surface area contributed by atoms with Crippen LogP contribution in [0.5, 0.6) is 5.75 Å². The van der Waals surface area contributed by atoms with Gasteiger partial charge in [0.1, 0.15) is 5.75 Å². The molecule has 18 heavy (non-hydrogen) atoms. The number of aromatic nitrogens is 1. The standard InChI is InChI=1S/C14H16N2O2/c1-9-7-10(3-6-14(15)17)12-8-11(18-2)4-5-13(12)16-9/h4-5,7-8H,3,6H2,1-2H3,(H2,15,17). The van der Waals surface area contributed by atoms with Crippen LogP contribution in [0.1, 0.15) is 17.7 Å². The van der Waals surface area contributed by atoms with Crippen molar-refractivity contribution in [2.45, 2.75) is 19.8 Å². The van der Waals surface area contributed by atoms with Crippen molar-refractivity contribution in [1.82, 2.24) is 4.98 Å². The maximum atomic E-state index is 10.9. The number of fused-ring (bicyclic) bond motifs is 1. The van der Waals surface area contributed by atoms with E-state index in [-0.39, 0.29) is 5.91 Å². The summed E-state index contributed by atoms with van der Waals surface area (Å²) in [5.74, 6) is 0.494. The number of carbonyl (C=O) groups excluding carboxylic acids is 1. The quantitative estimate of drug-likeness (QED) is 0.894. The molecule has 0 spiro atoms. The molecule has 1 aromatic carbocycles. The van der Waals surface area contributed by atoms with Crippen molar-refractivity contribution < 1.29 is 9.53 Å². The van der Waals surface area contributed by atoms with Crippen LogP contribution in [0, 0.1) is 6.92 Å². The predicted molar refractivity (Wildman–Crippen MR) is 70.5 cm³/mol. The van der Waals surface area contributed by atoms with Gasteiger partial charge in [-0.05, 0) is 43.2 Å². The molecule has 4 nitrogen and oxygen atoms in total. The zero-order chi connectivity index (χ0) is 13.1. The summed E-state index contributed by atoms with van der Waals surface area (Å²) >= 11 is 0. The molecule has 0 unspecified atom stereocenters. The van der Waals surface area contributed by atoms with Crippen LogP contribution in [0.3, 0.4) is 0 Å². The van der Waals surface area contributed by atoms with E-state index >= 15 is 0 Å². The number of carbonyl (C=O) groups is 1. The lowest BCUT2D eigenvalue weighted by atomic mass is 10.0. The first kappa shape index (κ1) is 12.4. The van der Waals surface area contributed by atoms with E-state index in [0.717, 1.165) is 27.9 Å². The summed E-state index contributed by atoms with van der Waals surface area (Å²) in [5, 5.41) is 1.02. The molecule has 94 valence electrons. The van der Waals surface area contributed by atoms with E-state index in [0.29, 0.717) is 12.8 Å². The number of hydrogen-bond donors (Lipinski definition) is 1. The normalized spacial score (nSPS) is 10.6. The minimum Gasteiger partial charge on any atom is -0.497 e. The van der Waals surface area contributed by atoms with Crippen molar-refractivity contribution in [3.63, 3.8) is 0 Å². The molecule has 4 heteroatoms. The van der Waals surface area contributed by atoms with Crippen LogP contribution >= 0.6 is 0 Å². The number of primary amides is 1. The van der Waals surface area contributed by atoms with E-state index in [2.05, 4.69) is 4.98 Å². The lowest BCUT2D eigenvalue weighted by molar-refractivity contribution is -0.117. The van der Waals surface area contributed by atoms with Gasteiger partial charge in [0.15, 0.2) is 0 Å². The number of nitrogens with zero attached hydrogens (tertiary/aromatic N) is 1. The summed E-state index contributed by atoms with van der Waals surface area (Å²) in [4.78, 5) is 15.4.